The molecular weight excluding hydrogens is 392 g/mol. The topological polar surface area (TPSA) is 92.8 Å². The molecule has 29 heavy (non-hydrogen) atoms. The Hall–Kier alpha value is -2.71. The molecule has 1 atom stereocenters. The normalized spacial score (nSPS) is 12.4. The third-order valence-corrected chi connectivity index (χ3v) is 6.70. The van der Waals surface area contributed by atoms with Crippen LogP contribution in [-0.2, 0) is 14.8 Å². The standard InChI is InChI=1S/C21H26N2O5S/c1-5-23(6-2)29(26,27)19-13-11-16(12-14-19)15(3)22-20(24)17-7-9-18(10-8-17)21(25)28-4/h7-15H,5-6H2,1-4H3,(H,22,24)/t15-/m1/s1. The van der Waals surface area contributed by atoms with Gasteiger partial charge in [0.05, 0.1) is 23.6 Å². The third kappa shape index (κ3) is 5.21. The molecule has 0 aliphatic rings. The van der Waals surface area contributed by atoms with Gasteiger partial charge in [0.25, 0.3) is 5.91 Å². The predicted molar refractivity (Wildman–Crippen MR) is 110 cm³/mol. The molecule has 2 aromatic rings. The maximum Gasteiger partial charge on any atom is 0.337 e. The molecule has 0 aromatic heterocycles. The minimum absolute atomic E-state index is 0.224. The molecule has 0 bridgehead atoms. The first kappa shape index (κ1) is 22.6. The highest BCUT2D eigenvalue weighted by Crippen LogP contribution is 2.20. The third-order valence-electron chi connectivity index (χ3n) is 4.64. The Bertz CT molecular complexity index is 950. The van der Waals surface area contributed by atoms with Gasteiger partial charge in [0.2, 0.25) is 10.0 Å². The maximum atomic E-state index is 12.6. The summed E-state index contributed by atoms with van der Waals surface area (Å²) in [6.45, 7) is 6.22. The first-order chi connectivity index (χ1) is 13.7. The fourth-order valence-corrected chi connectivity index (χ4v) is 4.34. The van der Waals surface area contributed by atoms with Gasteiger partial charge in [-0.05, 0) is 48.9 Å². The number of amides is 1. The van der Waals surface area contributed by atoms with Gasteiger partial charge in [-0.15, -0.1) is 0 Å². The summed E-state index contributed by atoms with van der Waals surface area (Å²) >= 11 is 0. The second kappa shape index (κ2) is 9.67. The van der Waals surface area contributed by atoms with Crippen LogP contribution in [0.5, 0.6) is 0 Å². The monoisotopic (exact) mass is 418 g/mol. The zero-order valence-corrected chi connectivity index (χ0v) is 17.8. The summed E-state index contributed by atoms with van der Waals surface area (Å²) in [7, 11) is -2.22. The lowest BCUT2D eigenvalue weighted by atomic mass is 10.1. The van der Waals surface area contributed by atoms with Crippen LogP contribution in [0.1, 0.15) is 53.1 Å². The van der Waals surface area contributed by atoms with Gasteiger partial charge in [-0.2, -0.15) is 4.31 Å². The Kier molecular flexibility index (Phi) is 7.53. The molecular formula is C21H26N2O5S. The van der Waals surface area contributed by atoms with Crippen LogP contribution in [0.3, 0.4) is 0 Å². The quantitative estimate of drug-likeness (QED) is 0.665. The lowest BCUT2D eigenvalue weighted by Gasteiger charge is -2.19. The van der Waals surface area contributed by atoms with Crippen molar-refractivity contribution >= 4 is 21.9 Å². The molecule has 7 nitrogen and oxygen atoms in total. The van der Waals surface area contributed by atoms with Gasteiger partial charge in [-0.25, -0.2) is 13.2 Å². The van der Waals surface area contributed by atoms with Crippen molar-refractivity contribution in [3.8, 4) is 0 Å². The van der Waals surface area contributed by atoms with E-state index in [2.05, 4.69) is 10.1 Å². The van der Waals surface area contributed by atoms with Crippen LogP contribution >= 0.6 is 0 Å². The number of hydrogen-bond donors (Lipinski definition) is 1. The van der Waals surface area contributed by atoms with Crippen molar-refractivity contribution < 1.29 is 22.7 Å². The van der Waals surface area contributed by atoms with Gasteiger partial charge in [0.15, 0.2) is 0 Å². The summed E-state index contributed by atoms with van der Waals surface area (Å²) in [4.78, 5) is 24.1. The molecule has 156 valence electrons. The van der Waals surface area contributed by atoms with E-state index in [-0.39, 0.29) is 16.8 Å². The number of esters is 1. The number of sulfonamides is 1. The van der Waals surface area contributed by atoms with Crippen molar-refractivity contribution in [2.24, 2.45) is 0 Å². The average Bonchev–Trinajstić information content (AvgIpc) is 2.74. The number of hydrogen-bond acceptors (Lipinski definition) is 5. The van der Waals surface area contributed by atoms with Crippen LogP contribution in [0.25, 0.3) is 0 Å². The second-order valence-electron chi connectivity index (χ2n) is 6.42. The number of carbonyl (C=O) groups is 2. The van der Waals surface area contributed by atoms with Crippen molar-refractivity contribution in [2.45, 2.75) is 31.7 Å². The molecule has 0 aliphatic heterocycles. The van der Waals surface area contributed by atoms with E-state index in [0.29, 0.717) is 24.2 Å². The van der Waals surface area contributed by atoms with Crippen molar-refractivity contribution in [3.63, 3.8) is 0 Å². The van der Waals surface area contributed by atoms with Crippen LogP contribution in [0, 0.1) is 0 Å². The largest absolute Gasteiger partial charge is 0.465 e. The zero-order valence-electron chi connectivity index (χ0n) is 17.0. The zero-order chi connectivity index (χ0) is 21.6. The Morgan fingerprint density at radius 3 is 1.97 bits per heavy atom. The van der Waals surface area contributed by atoms with Crippen molar-refractivity contribution in [2.75, 3.05) is 20.2 Å². The summed E-state index contributed by atoms with van der Waals surface area (Å²) in [6.07, 6.45) is 0. The van der Waals surface area contributed by atoms with Crippen LogP contribution in [0.4, 0.5) is 0 Å². The minimum Gasteiger partial charge on any atom is -0.465 e. The van der Waals surface area contributed by atoms with E-state index in [1.54, 1.807) is 50.2 Å². The van der Waals surface area contributed by atoms with Gasteiger partial charge >= 0.3 is 5.97 Å². The van der Waals surface area contributed by atoms with Gasteiger partial charge in [-0.3, -0.25) is 4.79 Å². The van der Waals surface area contributed by atoms with E-state index in [1.165, 1.54) is 23.5 Å². The molecule has 0 saturated carbocycles. The van der Waals surface area contributed by atoms with Crippen molar-refractivity contribution in [1.82, 2.24) is 9.62 Å². The Morgan fingerprint density at radius 1 is 0.966 bits per heavy atom. The van der Waals surface area contributed by atoms with Crippen LogP contribution < -0.4 is 5.32 Å². The number of methoxy groups -OCH3 is 1. The van der Waals surface area contributed by atoms with Crippen LogP contribution in [0.2, 0.25) is 0 Å². The number of rotatable bonds is 8. The van der Waals surface area contributed by atoms with Gasteiger partial charge in [0.1, 0.15) is 0 Å². The number of ether oxygens (including phenoxy) is 1. The maximum absolute atomic E-state index is 12.6. The lowest BCUT2D eigenvalue weighted by molar-refractivity contribution is 0.0600. The highest BCUT2D eigenvalue weighted by Gasteiger charge is 2.21. The first-order valence-corrected chi connectivity index (χ1v) is 10.8. The molecule has 1 amide bonds. The molecule has 0 spiro atoms. The Morgan fingerprint density at radius 2 is 1.48 bits per heavy atom. The smallest absolute Gasteiger partial charge is 0.337 e. The molecule has 1 N–H and O–H groups in total. The van der Waals surface area contributed by atoms with E-state index < -0.39 is 16.0 Å². The highest BCUT2D eigenvalue weighted by atomic mass is 32.2. The fraction of sp³-hybridized carbons (Fsp3) is 0.333. The van der Waals surface area contributed by atoms with E-state index in [9.17, 15) is 18.0 Å². The van der Waals surface area contributed by atoms with E-state index in [4.69, 9.17) is 0 Å². The van der Waals surface area contributed by atoms with E-state index in [1.807, 2.05) is 6.92 Å². The summed E-state index contributed by atoms with van der Waals surface area (Å²) in [5.41, 5.74) is 1.55. The number of nitrogens with one attached hydrogen (secondary N) is 1. The van der Waals surface area contributed by atoms with Gasteiger partial charge in [0, 0.05) is 18.7 Å². The molecule has 8 heteroatoms. The lowest BCUT2D eigenvalue weighted by Crippen LogP contribution is -2.30. The average molecular weight is 419 g/mol. The van der Waals surface area contributed by atoms with Crippen molar-refractivity contribution in [3.05, 3.63) is 65.2 Å². The Balaban J connectivity index is 2.10. The molecule has 0 unspecified atom stereocenters. The fourth-order valence-electron chi connectivity index (χ4n) is 2.88. The molecule has 0 aliphatic carbocycles. The molecule has 2 aromatic carbocycles. The Labute approximate surface area is 171 Å². The summed E-state index contributed by atoms with van der Waals surface area (Å²) in [5, 5.41) is 2.86. The molecule has 0 saturated heterocycles. The number of nitrogens with zero attached hydrogens (tertiary/aromatic N) is 1. The van der Waals surface area contributed by atoms with Gasteiger partial charge < -0.3 is 10.1 Å². The van der Waals surface area contributed by atoms with E-state index in [0.717, 1.165) is 5.56 Å². The highest BCUT2D eigenvalue weighted by molar-refractivity contribution is 7.89. The molecule has 0 heterocycles. The molecule has 0 fully saturated rings. The summed E-state index contributed by atoms with van der Waals surface area (Å²) < 4.78 is 31.1. The van der Waals surface area contributed by atoms with Crippen LogP contribution in [-0.4, -0.2) is 44.8 Å². The SMILES string of the molecule is CCN(CC)S(=O)(=O)c1ccc([C@@H](C)NC(=O)c2ccc(C(=O)OC)cc2)cc1. The first-order valence-electron chi connectivity index (χ1n) is 9.33. The predicted octanol–water partition coefficient (Wildman–Crippen LogP) is 2.99. The number of benzene rings is 2. The van der Waals surface area contributed by atoms with Gasteiger partial charge in [-0.1, -0.05) is 26.0 Å². The molecule has 2 rings (SSSR count). The molecule has 0 radical (unpaired) electrons. The summed E-state index contributed by atoms with van der Waals surface area (Å²) in [5.74, 6) is -0.765. The van der Waals surface area contributed by atoms with Crippen molar-refractivity contribution in [1.29, 1.82) is 0 Å². The number of carbonyl (C=O) groups excluding carboxylic acids is 2. The second-order valence-corrected chi connectivity index (χ2v) is 8.36. The minimum atomic E-state index is -3.51. The van der Waals surface area contributed by atoms with Crippen LogP contribution in [0.15, 0.2) is 53.4 Å². The van der Waals surface area contributed by atoms with E-state index >= 15 is 0 Å². The summed E-state index contributed by atoms with van der Waals surface area (Å²) in [6, 6.07) is 12.3.